The highest BCUT2D eigenvalue weighted by Gasteiger charge is 2.30. The van der Waals surface area contributed by atoms with E-state index < -0.39 is 5.60 Å². The fourth-order valence-electron chi connectivity index (χ4n) is 2.42. The maximum Gasteiger partial charge on any atom is 0.410 e. The van der Waals surface area contributed by atoms with Crippen LogP contribution in [0.1, 0.15) is 27.7 Å². The standard InChI is InChI=1S/C16H24N2O2/c1-13-12-17(14-8-6-5-7-9-14)10-11-18(13)15(19)20-16(2,3)4/h5-9,13H,10-12H2,1-4H3. The Labute approximate surface area is 121 Å². The zero-order valence-corrected chi connectivity index (χ0v) is 12.8. The summed E-state index contributed by atoms with van der Waals surface area (Å²) in [5.41, 5.74) is 0.774. The highest BCUT2D eigenvalue weighted by molar-refractivity contribution is 5.69. The Balaban J connectivity index is 1.98. The molecule has 0 radical (unpaired) electrons. The SMILES string of the molecule is CC1CN(c2ccccc2)CCN1C(=O)OC(C)(C)C. The lowest BCUT2D eigenvalue weighted by atomic mass is 10.1. The molecule has 0 bridgehead atoms. The lowest BCUT2D eigenvalue weighted by molar-refractivity contribution is 0.0159. The van der Waals surface area contributed by atoms with Gasteiger partial charge in [0.2, 0.25) is 0 Å². The Morgan fingerprint density at radius 1 is 1.20 bits per heavy atom. The normalized spacial score (nSPS) is 19.9. The number of carbonyl (C=O) groups excluding carboxylic acids is 1. The van der Waals surface area contributed by atoms with Crippen LogP contribution in [0.15, 0.2) is 30.3 Å². The highest BCUT2D eigenvalue weighted by atomic mass is 16.6. The van der Waals surface area contributed by atoms with Crippen molar-refractivity contribution >= 4 is 11.8 Å². The molecule has 0 spiro atoms. The molecule has 4 heteroatoms. The lowest BCUT2D eigenvalue weighted by Gasteiger charge is -2.41. The average molecular weight is 276 g/mol. The van der Waals surface area contributed by atoms with Crippen molar-refractivity contribution in [1.82, 2.24) is 4.90 Å². The van der Waals surface area contributed by atoms with E-state index in [9.17, 15) is 4.79 Å². The molecule has 1 unspecified atom stereocenters. The summed E-state index contributed by atoms with van der Waals surface area (Å²) in [5, 5.41) is 0. The van der Waals surface area contributed by atoms with Crippen LogP contribution < -0.4 is 4.90 Å². The van der Waals surface area contributed by atoms with Gasteiger partial charge in [0, 0.05) is 31.4 Å². The molecule has 0 aromatic heterocycles. The highest BCUT2D eigenvalue weighted by Crippen LogP contribution is 2.20. The van der Waals surface area contributed by atoms with E-state index in [0.29, 0.717) is 6.54 Å². The van der Waals surface area contributed by atoms with Crippen molar-refractivity contribution in [2.24, 2.45) is 0 Å². The van der Waals surface area contributed by atoms with Gasteiger partial charge in [0.05, 0.1) is 0 Å². The largest absolute Gasteiger partial charge is 0.444 e. The number of para-hydroxylation sites is 1. The first-order valence-electron chi connectivity index (χ1n) is 7.16. The van der Waals surface area contributed by atoms with Gasteiger partial charge in [-0.05, 0) is 39.8 Å². The molecule has 2 rings (SSSR count). The van der Waals surface area contributed by atoms with Crippen LogP contribution >= 0.6 is 0 Å². The van der Waals surface area contributed by atoms with Crippen molar-refractivity contribution < 1.29 is 9.53 Å². The first-order valence-corrected chi connectivity index (χ1v) is 7.16. The fourth-order valence-corrected chi connectivity index (χ4v) is 2.42. The van der Waals surface area contributed by atoms with E-state index in [1.807, 2.05) is 43.9 Å². The molecule has 1 saturated heterocycles. The number of nitrogens with zero attached hydrogens (tertiary/aromatic N) is 2. The van der Waals surface area contributed by atoms with Crippen molar-refractivity contribution in [2.45, 2.75) is 39.3 Å². The van der Waals surface area contributed by atoms with Crippen LogP contribution in [0.4, 0.5) is 10.5 Å². The molecular weight excluding hydrogens is 252 g/mol. The smallest absolute Gasteiger partial charge is 0.410 e. The van der Waals surface area contributed by atoms with E-state index in [-0.39, 0.29) is 12.1 Å². The summed E-state index contributed by atoms with van der Waals surface area (Å²) >= 11 is 0. The Kier molecular flexibility index (Phi) is 4.21. The van der Waals surface area contributed by atoms with Gasteiger partial charge in [0.1, 0.15) is 5.60 Å². The van der Waals surface area contributed by atoms with Crippen LogP contribution in [0.25, 0.3) is 0 Å². The summed E-state index contributed by atoms with van der Waals surface area (Å²) in [4.78, 5) is 16.3. The molecule has 1 aliphatic heterocycles. The van der Waals surface area contributed by atoms with E-state index in [1.54, 1.807) is 0 Å². The van der Waals surface area contributed by atoms with Crippen molar-refractivity contribution in [1.29, 1.82) is 0 Å². The molecular formula is C16H24N2O2. The maximum absolute atomic E-state index is 12.2. The molecule has 1 fully saturated rings. The molecule has 0 aliphatic carbocycles. The monoisotopic (exact) mass is 276 g/mol. The molecule has 1 aromatic carbocycles. The van der Waals surface area contributed by atoms with Crippen molar-refractivity contribution in [3.05, 3.63) is 30.3 Å². The van der Waals surface area contributed by atoms with E-state index in [4.69, 9.17) is 4.74 Å². The second kappa shape index (κ2) is 5.73. The molecule has 1 atom stereocenters. The van der Waals surface area contributed by atoms with Crippen LogP contribution in [-0.4, -0.2) is 42.3 Å². The number of piperazine rings is 1. The number of anilines is 1. The van der Waals surface area contributed by atoms with Crippen LogP contribution in [0, 0.1) is 0 Å². The average Bonchev–Trinajstić information content (AvgIpc) is 2.37. The third-order valence-electron chi connectivity index (χ3n) is 3.38. The second-order valence-electron chi connectivity index (χ2n) is 6.30. The summed E-state index contributed by atoms with van der Waals surface area (Å²) in [6.45, 7) is 10.1. The van der Waals surface area contributed by atoms with E-state index in [0.717, 1.165) is 13.1 Å². The van der Waals surface area contributed by atoms with E-state index in [1.165, 1.54) is 5.69 Å². The van der Waals surface area contributed by atoms with Gasteiger partial charge in [-0.15, -0.1) is 0 Å². The Morgan fingerprint density at radius 2 is 1.85 bits per heavy atom. The minimum atomic E-state index is -0.437. The summed E-state index contributed by atoms with van der Waals surface area (Å²) in [5.74, 6) is 0. The molecule has 1 heterocycles. The van der Waals surface area contributed by atoms with Gasteiger partial charge in [-0.3, -0.25) is 0 Å². The summed E-state index contributed by atoms with van der Waals surface area (Å²) in [6, 6.07) is 10.5. The maximum atomic E-state index is 12.2. The van der Waals surface area contributed by atoms with Crippen molar-refractivity contribution in [3.8, 4) is 0 Å². The second-order valence-corrected chi connectivity index (χ2v) is 6.30. The lowest BCUT2D eigenvalue weighted by Crippen LogP contribution is -2.55. The zero-order valence-electron chi connectivity index (χ0n) is 12.8. The van der Waals surface area contributed by atoms with Crippen molar-refractivity contribution in [3.63, 3.8) is 0 Å². The zero-order chi connectivity index (χ0) is 14.8. The molecule has 1 aliphatic rings. The first kappa shape index (κ1) is 14.7. The van der Waals surface area contributed by atoms with Crippen molar-refractivity contribution in [2.75, 3.05) is 24.5 Å². The Morgan fingerprint density at radius 3 is 2.40 bits per heavy atom. The number of hydrogen-bond acceptors (Lipinski definition) is 3. The van der Waals surface area contributed by atoms with Crippen LogP contribution in [-0.2, 0) is 4.74 Å². The summed E-state index contributed by atoms with van der Waals surface area (Å²) in [7, 11) is 0. The first-order chi connectivity index (χ1) is 9.37. The molecule has 110 valence electrons. The topological polar surface area (TPSA) is 32.8 Å². The molecule has 0 N–H and O–H groups in total. The third-order valence-corrected chi connectivity index (χ3v) is 3.38. The molecule has 4 nitrogen and oxygen atoms in total. The molecule has 1 amide bonds. The quantitative estimate of drug-likeness (QED) is 0.790. The van der Waals surface area contributed by atoms with Crippen LogP contribution in [0.5, 0.6) is 0 Å². The minimum Gasteiger partial charge on any atom is -0.444 e. The van der Waals surface area contributed by atoms with Crippen LogP contribution in [0.2, 0.25) is 0 Å². The number of hydrogen-bond donors (Lipinski definition) is 0. The van der Waals surface area contributed by atoms with Gasteiger partial charge in [-0.25, -0.2) is 4.79 Å². The van der Waals surface area contributed by atoms with Gasteiger partial charge in [-0.1, -0.05) is 18.2 Å². The summed E-state index contributed by atoms with van der Waals surface area (Å²) in [6.07, 6.45) is -0.210. The van der Waals surface area contributed by atoms with Gasteiger partial charge in [0.25, 0.3) is 0 Å². The third kappa shape index (κ3) is 3.65. The number of ether oxygens (including phenoxy) is 1. The van der Waals surface area contributed by atoms with Gasteiger partial charge in [0.15, 0.2) is 0 Å². The minimum absolute atomic E-state index is 0.152. The van der Waals surface area contributed by atoms with E-state index in [2.05, 4.69) is 24.0 Å². The van der Waals surface area contributed by atoms with Gasteiger partial charge >= 0.3 is 6.09 Å². The number of benzene rings is 1. The predicted molar refractivity (Wildman–Crippen MR) is 81.1 cm³/mol. The predicted octanol–water partition coefficient (Wildman–Crippen LogP) is 3.13. The Hall–Kier alpha value is -1.71. The number of amides is 1. The van der Waals surface area contributed by atoms with Crippen LogP contribution in [0.3, 0.4) is 0 Å². The van der Waals surface area contributed by atoms with Gasteiger partial charge in [-0.2, -0.15) is 0 Å². The van der Waals surface area contributed by atoms with Gasteiger partial charge < -0.3 is 14.5 Å². The molecule has 20 heavy (non-hydrogen) atoms. The summed E-state index contributed by atoms with van der Waals surface area (Å²) < 4.78 is 5.46. The number of rotatable bonds is 1. The Bertz CT molecular complexity index is 453. The number of carbonyl (C=O) groups is 1. The van der Waals surface area contributed by atoms with E-state index >= 15 is 0 Å². The fraction of sp³-hybridized carbons (Fsp3) is 0.562. The molecule has 0 saturated carbocycles. The molecule has 1 aromatic rings.